The summed E-state index contributed by atoms with van der Waals surface area (Å²) in [6.45, 7) is 11.4. The summed E-state index contributed by atoms with van der Waals surface area (Å²) in [4.78, 5) is 2.20. The lowest BCUT2D eigenvalue weighted by Gasteiger charge is -2.25. The van der Waals surface area contributed by atoms with Crippen molar-refractivity contribution < 1.29 is 14.6 Å². The molecule has 1 rings (SSSR count). The van der Waals surface area contributed by atoms with Gasteiger partial charge in [0.2, 0.25) is 0 Å². The van der Waals surface area contributed by atoms with E-state index in [4.69, 9.17) is 9.47 Å². The number of aliphatic hydroxyl groups excluding tert-OH is 1. The molecule has 4 heteroatoms. The third-order valence-electron chi connectivity index (χ3n) is 3.53. The van der Waals surface area contributed by atoms with Crippen LogP contribution in [0.25, 0.3) is 0 Å². The lowest BCUT2D eigenvalue weighted by Crippen LogP contribution is -2.36. The van der Waals surface area contributed by atoms with Crippen molar-refractivity contribution in [3.63, 3.8) is 0 Å². The van der Waals surface area contributed by atoms with Crippen molar-refractivity contribution in [1.82, 2.24) is 4.90 Å². The third-order valence-corrected chi connectivity index (χ3v) is 3.53. The Balaban J connectivity index is 2.62. The van der Waals surface area contributed by atoms with Gasteiger partial charge < -0.3 is 14.6 Å². The van der Waals surface area contributed by atoms with Gasteiger partial charge >= 0.3 is 0 Å². The quantitative estimate of drug-likeness (QED) is 0.503. The van der Waals surface area contributed by atoms with Crippen LogP contribution in [0, 0.1) is 13.8 Å². The van der Waals surface area contributed by atoms with E-state index in [2.05, 4.69) is 43.5 Å². The van der Waals surface area contributed by atoms with E-state index >= 15 is 0 Å². The third kappa shape index (κ3) is 7.18. The van der Waals surface area contributed by atoms with Crippen molar-refractivity contribution in [1.29, 1.82) is 0 Å². The normalized spacial score (nSPS) is 12.6. The van der Waals surface area contributed by atoms with Crippen LogP contribution >= 0.6 is 0 Å². The summed E-state index contributed by atoms with van der Waals surface area (Å²) in [5.41, 5.74) is 3.81. The molecule has 0 spiro atoms. The Morgan fingerprint density at radius 2 is 2.14 bits per heavy atom. The molecule has 22 heavy (non-hydrogen) atoms. The molecular weight excluding hydrogens is 278 g/mol. The Morgan fingerprint density at radius 3 is 2.82 bits per heavy atom. The van der Waals surface area contributed by atoms with Crippen LogP contribution < -0.4 is 0 Å². The first-order chi connectivity index (χ1) is 10.6. The molecule has 0 heterocycles. The summed E-state index contributed by atoms with van der Waals surface area (Å²) in [7, 11) is 1.69. The first-order valence-corrected chi connectivity index (χ1v) is 7.71. The highest BCUT2D eigenvalue weighted by molar-refractivity contribution is 5.30. The summed E-state index contributed by atoms with van der Waals surface area (Å²) in [6, 6.07) is 6.47. The molecule has 1 atom stereocenters. The summed E-state index contributed by atoms with van der Waals surface area (Å²) in [5.74, 6) is 0. The fourth-order valence-corrected chi connectivity index (χ4v) is 2.30. The highest BCUT2D eigenvalue weighted by atomic mass is 16.5. The Morgan fingerprint density at radius 1 is 1.36 bits per heavy atom. The second-order valence-corrected chi connectivity index (χ2v) is 5.64. The number of nitrogens with zero attached hydrogens (tertiary/aromatic N) is 1. The second-order valence-electron chi connectivity index (χ2n) is 5.64. The first-order valence-electron chi connectivity index (χ1n) is 7.71. The number of aryl methyl sites for hydroxylation is 2. The topological polar surface area (TPSA) is 41.9 Å². The van der Waals surface area contributed by atoms with Crippen LogP contribution in [-0.4, -0.2) is 56.1 Å². The molecule has 0 aromatic heterocycles. The van der Waals surface area contributed by atoms with Gasteiger partial charge in [-0.05, 0) is 25.0 Å². The van der Waals surface area contributed by atoms with Crippen LogP contribution in [0.2, 0.25) is 0 Å². The lowest BCUT2D eigenvalue weighted by atomic mass is 10.1. The minimum atomic E-state index is -0.512. The van der Waals surface area contributed by atoms with Crippen molar-refractivity contribution >= 4 is 0 Å². The Kier molecular flexibility index (Phi) is 9.01. The molecular formula is C18H29NO3. The van der Waals surface area contributed by atoms with Gasteiger partial charge in [0.05, 0.1) is 25.9 Å². The smallest absolute Gasteiger partial charge is 0.0900 e. The largest absolute Gasteiger partial charge is 0.389 e. The zero-order chi connectivity index (χ0) is 16.4. The van der Waals surface area contributed by atoms with Crippen LogP contribution in [0.15, 0.2) is 30.9 Å². The van der Waals surface area contributed by atoms with Gasteiger partial charge in [-0.1, -0.05) is 29.8 Å². The number of hydrogen-bond donors (Lipinski definition) is 1. The Labute approximate surface area is 134 Å². The van der Waals surface area contributed by atoms with Crippen molar-refractivity contribution in [2.75, 3.05) is 40.0 Å². The van der Waals surface area contributed by atoms with Crippen LogP contribution in [0.3, 0.4) is 0 Å². The molecule has 4 nitrogen and oxygen atoms in total. The van der Waals surface area contributed by atoms with Gasteiger partial charge in [-0.3, -0.25) is 4.90 Å². The maximum Gasteiger partial charge on any atom is 0.0900 e. The zero-order valence-electron chi connectivity index (χ0n) is 14.0. The van der Waals surface area contributed by atoms with E-state index < -0.39 is 6.10 Å². The number of rotatable bonds is 11. The van der Waals surface area contributed by atoms with Crippen LogP contribution in [0.1, 0.15) is 16.7 Å². The van der Waals surface area contributed by atoms with Crippen molar-refractivity contribution in [2.24, 2.45) is 0 Å². The molecule has 0 saturated carbocycles. The fraction of sp³-hybridized carbons (Fsp3) is 0.556. The molecule has 0 aliphatic rings. The van der Waals surface area contributed by atoms with E-state index in [0.717, 1.165) is 13.1 Å². The molecule has 0 fully saturated rings. The average molecular weight is 307 g/mol. The minimum absolute atomic E-state index is 0.322. The Hall–Kier alpha value is -1.20. The monoisotopic (exact) mass is 307 g/mol. The van der Waals surface area contributed by atoms with Gasteiger partial charge in [-0.2, -0.15) is 0 Å². The van der Waals surface area contributed by atoms with Gasteiger partial charge in [-0.25, -0.2) is 0 Å². The lowest BCUT2D eigenvalue weighted by molar-refractivity contribution is 0.0193. The number of aliphatic hydroxyl groups is 1. The molecule has 0 aliphatic heterocycles. The average Bonchev–Trinajstić information content (AvgIpc) is 2.48. The molecule has 0 saturated heterocycles. The van der Waals surface area contributed by atoms with Gasteiger partial charge in [0.1, 0.15) is 0 Å². The molecule has 0 bridgehead atoms. The summed E-state index contributed by atoms with van der Waals surface area (Å²) in [5, 5.41) is 10.1. The van der Waals surface area contributed by atoms with E-state index in [9.17, 15) is 5.11 Å². The second kappa shape index (κ2) is 10.5. The van der Waals surface area contributed by atoms with Crippen LogP contribution in [0.5, 0.6) is 0 Å². The van der Waals surface area contributed by atoms with Crippen molar-refractivity contribution in [3.8, 4) is 0 Å². The summed E-state index contributed by atoms with van der Waals surface area (Å²) >= 11 is 0. The number of benzene rings is 1. The van der Waals surface area contributed by atoms with Crippen molar-refractivity contribution in [3.05, 3.63) is 47.5 Å². The SMILES string of the molecule is C=CCOCC(O)CN(CCOC)Cc1cc(C)ccc1C. The predicted molar refractivity (Wildman–Crippen MR) is 90.1 cm³/mol. The molecule has 124 valence electrons. The predicted octanol–water partition coefficient (Wildman–Crippen LogP) is 2.32. The van der Waals surface area contributed by atoms with E-state index in [-0.39, 0.29) is 0 Å². The number of ether oxygens (including phenoxy) is 2. The highest BCUT2D eigenvalue weighted by Gasteiger charge is 2.13. The molecule has 1 aromatic rings. The molecule has 1 N–H and O–H groups in total. The summed E-state index contributed by atoms with van der Waals surface area (Å²) < 4.78 is 10.5. The molecule has 1 aromatic carbocycles. The molecule has 1 unspecified atom stereocenters. The standard InChI is InChI=1S/C18H29NO3/c1-5-9-22-14-18(20)13-19(8-10-21-4)12-17-11-15(2)6-7-16(17)3/h5-7,11,18,20H,1,8-10,12-14H2,2-4H3. The van der Waals surface area contributed by atoms with E-state index in [1.165, 1.54) is 16.7 Å². The van der Waals surface area contributed by atoms with Crippen LogP contribution in [0.4, 0.5) is 0 Å². The minimum Gasteiger partial charge on any atom is -0.389 e. The van der Waals surface area contributed by atoms with Crippen molar-refractivity contribution in [2.45, 2.75) is 26.5 Å². The molecule has 0 aliphatic carbocycles. The summed E-state index contributed by atoms with van der Waals surface area (Å²) in [6.07, 6.45) is 1.17. The number of hydrogen-bond acceptors (Lipinski definition) is 4. The van der Waals surface area contributed by atoms with E-state index in [1.54, 1.807) is 13.2 Å². The van der Waals surface area contributed by atoms with Gasteiger partial charge in [-0.15, -0.1) is 6.58 Å². The molecule has 0 amide bonds. The number of methoxy groups -OCH3 is 1. The van der Waals surface area contributed by atoms with E-state index in [1.807, 2.05) is 0 Å². The first kappa shape index (κ1) is 18.8. The van der Waals surface area contributed by atoms with Crippen LogP contribution in [-0.2, 0) is 16.0 Å². The highest BCUT2D eigenvalue weighted by Crippen LogP contribution is 2.13. The maximum atomic E-state index is 10.1. The molecule has 0 radical (unpaired) electrons. The van der Waals surface area contributed by atoms with E-state index in [0.29, 0.717) is 26.4 Å². The van der Waals surface area contributed by atoms with Gasteiger partial charge in [0.25, 0.3) is 0 Å². The fourth-order valence-electron chi connectivity index (χ4n) is 2.30. The Bertz CT molecular complexity index is 448. The van der Waals surface area contributed by atoms with Gasteiger partial charge in [0.15, 0.2) is 0 Å². The maximum absolute atomic E-state index is 10.1. The zero-order valence-corrected chi connectivity index (χ0v) is 14.0. The van der Waals surface area contributed by atoms with Gasteiger partial charge in [0, 0.05) is 26.7 Å².